The van der Waals surface area contributed by atoms with Crippen LogP contribution in [0.15, 0.2) is 24.3 Å². The van der Waals surface area contributed by atoms with Crippen molar-refractivity contribution in [3.63, 3.8) is 0 Å². The van der Waals surface area contributed by atoms with Crippen molar-refractivity contribution >= 4 is 0 Å². The summed E-state index contributed by atoms with van der Waals surface area (Å²) in [7, 11) is 0. The van der Waals surface area contributed by atoms with E-state index in [0.717, 1.165) is 31.6 Å². The van der Waals surface area contributed by atoms with Crippen LogP contribution in [0, 0.1) is 5.92 Å². The van der Waals surface area contributed by atoms with Crippen molar-refractivity contribution in [2.75, 3.05) is 6.61 Å². The van der Waals surface area contributed by atoms with Gasteiger partial charge in [-0.2, -0.15) is 0 Å². The number of hydrogen-bond donors (Lipinski definition) is 1. The zero-order valence-electron chi connectivity index (χ0n) is 11.3. The van der Waals surface area contributed by atoms with Crippen LogP contribution in [-0.2, 0) is 6.42 Å². The Morgan fingerprint density at radius 3 is 2.71 bits per heavy atom. The predicted octanol–water partition coefficient (Wildman–Crippen LogP) is 3.39. The highest BCUT2D eigenvalue weighted by atomic mass is 16.5. The molecule has 0 heterocycles. The summed E-state index contributed by atoms with van der Waals surface area (Å²) in [6.07, 6.45) is 3.04. The van der Waals surface area contributed by atoms with Crippen LogP contribution in [0.1, 0.15) is 39.2 Å². The Bertz CT molecular complexity index is 322. The Morgan fingerprint density at radius 1 is 1.29 bits per heavy atom. The Kier molecular flexibility index (Phi) is 6.06. The van der Waals surface area contributed by atoms with E-state index in [0.29, 0.717) is 5.92 Å². The van der Waals surface area contributed by atoms with E-state index in [9.17, 15) is 0 Å². The summed E-state index contributed by atoms with van der Waals surface area (Å²) in [5.41, 5.74) is 7.39. The van der Waals surface area contributed by atoms with Crippen LogP contribution in [0.3, 0.4) is 0 Å². The second-order valence-electron chi connectivity index (χ2n) is 5.09. The lowest BCUT2D eigenvalue weighted by Crippen LogP contribution is -2.24. The van der Waals surface area contributed by atoms with Gasteiger partial charge in [0.1, 0.15) is 5.75 Å². The van der Waals surface area contributed by atoms with Crippen molar-refractivity contribution in [3.8, 4) is 5.75 Å². The standard InChI is InChI=1S/C15H25NO/c1-4-8-17-15-7-5-6-13(11-15)10-14(16)9-12(2)3/h5-7,11-12,14H,4,8-10,16H2,1-3H3. The van der Waals surface area contributed by atoms with Crippen molar-refractivity contribution in [1.82, 2.24) is 0 Å². The molecule has 0 amide bonds. The molecule has 2 heteroatoms. The van der Waals surface area contributed by atoms with Gasteiger partial charge < -0.3 is 10.5 Å². The fourth-order valence-corrected chi connectivity index (χ4v) is 1.97. The van der Waals surface area contributed by atoms with E-state index >= 15 is 0 Å². The molecule has 0 saturated heterocycles. The summed E-state index contributed by atoms with van der Waals surface area (Å²) in [5, 5.41) is 0. The highest BCUT2D eigenvalue weighted by molar-refractivity contribution is 5.29. The van der Waals surface area contributed by atoms with Crippen LogP contribution < -0.4 is 10.5 Å². The van der Waals surface area contributed by atoms with E-state index < -0.39 is 0 Å². The van der Waals surface area contributed by atoms with Gasteiger partial charge in [0.25, 0.3) is 0 Å². The van der Waals surface area contributed by atoms with Gasteiger partial charge in [-0.15, -0.1) is 0 Å². The summed E-state index contributed by atoms with van der Waals surface area (Å²) >= 11 is 0. The average Bonchev–Trinajstić information content (AvgIpc) is 2.25. The van der Waals surface area contributed by atoms with Crippen LogP contribution in [-0.4, -0.2) is 12.6 Å². The van der Waals surface area contributed by atoms with E-state index in [1.54, 1.807) is 0 Å². The van der Waals surface area contributed by atoms with Crippen molar-refractivity contribution in [2.45, 2.75) is 46.1 Å². The average molecular weight is 235 g/mol. The molecule has 2 N–H and O–H groups in total. The van der Waals surface area contributed by atoms with Crippen molar-refractivity contribution in [3.05, 3.63) is 29.8 Å². The van der Waals surface area contributed by atoms with E-state index in [1.165, 1.54) is 5.56 Å². The molecular formula is C15H25NO. The number of hydrogen-bond acceptors (Lipinski definition) is 2. The minimum Gasteiger partial charge on any atom is -0.494 e. The molecule has 96 valence electrons. The smallest absolute Gasteiger partial charge is 0.119 e. The van der Waals surface area contributed by atoms with Crippen molar-refractivity contribution in [2.24, 2.45) is 11.7 Å². The summed E-state index contributed by atoms with van der Waals surface area (Å²) < 4.78 is 5.62. The molecule has 1 atom stereocenters. The molecule has 0 bridgehead atoms. The zero-order valence-corrected chi connectivity index (χ0v) is 11.3. The molecule has 0 fully saturated rings. The SMILES string of the molecule is CCCOc1cccc(CC(N)CC(C)C)c1. The minimum atomic E-state index is 0.247. The maximum absolute atomic E-state index is 6.12. The Labute approximate surface area is 105 Å². The van der Waals surface area contributed by atoms with Crippen LogP contribution in [0.4, 0.5) is 0 Å². The van der Waals surface area contributed by atoms with Crippen LogP contribution >= 0.6 is 0 Å². The van der Waals surface area contributed by atoms with Gasteiger partial charge in [-0.05, 0) is 42.9 Å². The first-order valence-corrected chi connectivity index (χ1v) is 6.59. The highest BCUT2D eigenvalue weighted by Gasteiger charge is 2.07. The largest absolute Gasteiger partial charge is 0.494 e. The van der Waals surface area contributed by atoms with E-state index in [-0.39, 0.29) is 6.04 Å². The third kappa shape index (κ3) is 5.73. The lowest BCUT2D eigenvalue weighted by Gasteiger charge is -2.14. The zero-order chi connectivity index (χ0) is 12.7. The first-order chi connectivity index (χ1) is 8.11. The second-order valence-corrected chi connectivity index (χ2v) is 5.09. The molecule has 0 aliphatic rings. The summed E-state index contributed by atoms with van der Waals surface area (Å²) in [5.74, 6) is 1.62. The van der Waals surface area contributed by atoms with Gasteiger partial charge in [-0.3, -0.25) is 0 Å². The van der Waals surface area contributed by atoms with Crippen molar-refractivity contribution < 1.29 is 4.74 Å². The molecule has 2 nitrogen and oxygen atoms in total. The first-order valence-electron chi connectivity index (χ1n) is 6.59. The highest BCUT2D eigenvalue weighted by Crippen LogP contribution is 2.16. The van der Waals surface area contributed by atoms with Crippen molar-refractivity contribution in [1.29, 1.82) is 0 Å². The van der Waals surface area contributed by atoms with Gasteiger partial charge in [-0.1, -0.05) is 32.9 Å². The molecule has 1 unspecified atom stereocenters. The number of ether oxygens (including phenoxy) is 1. The fourth-order valence-electron chi connectivity index (χ4n) is 1.97. The Balaban J connectivity index is 2.52. The Hall–Kier alpha value is -1.02. The molecule has 1 aromatic rings. The van der Waals surface area contributed by atoms with Gasteiger partial charge in [0.05, 0.1) is 6.61 Å². The van der Waals surface area contributed by atoms with Crippen LogP contribution in [0.5, 0.6) is 5.75 Å². The predicted molar refractivity (Wildman–Crippen MR) is 73.4 cm³/mol. The molecule has 0 radical (unpaired) electrons. The third-order valence-electron chi connectivity index (χ3n) is 2.64. The number of nitrogens with two attached hydrogens (primary N) is 1. The van der Waals surface area contributed by atoms with Gasteiger partial charge >= 0.3 is 0 Å². The lowest BCUT2D eigenvalue weighted by atomic mass is 9.98. The molecule has 1 rings (SSSR count). The summed E-state index contributed by atoms with van der Waals surface area (Å²) in [4.78, 5) is 0. The molecule has 0 aromatic heterocycles. The van der Waals surface area contributed by atoms with Gasteiger partial charge in [0.2, 0.25) is 0 Å². The minimum absolute atomic E-state index is 0.247. The third-order valence-corrected chi connectivity index (χ3v) is 2.64. The first kappa shape index (κ1) is 14.0. The molecule has 1 aromatic carbocycles. The molecule has 0 aliphatic carbocycles. The van der Waals surface area contributed by atoms with Gasteiger partial charge in [0, 0.05) is 6.04 Å². The van der Waals surface area contributed by atoms with Gasteiger partial charge in [0.15, 0.2) is 0 Å². The topological polar surface area (TPSA) is 35.2 Å². The number of benzene rings is 1. The van der Waals surface area contributed by atoms with Crippen LogP contribution in [0.25, 0.3) is 0 Å². The van der Waals surface area contributed by atoms with E-state index in [1.807, 2.05) is 12.1 Å². The second kappa shape index (κ2) is 7.33. The van der Waals surface area contributed by atoms with E-state index in [4.69, 9.17) is 10.5 Å². The quantitative estimate of drug-likeness (QED) is 0.786. The molecule has 0 aliphatic heterocycles. The monoisotopic (exact) mass is 235 g/mol. The number of rotatable bonds is 7. The molecule has 17 heavy (non-hydrogen) atoms. The summed E-state index contributed by atoms with van der Waals surface area (Å²) in [6.45, 7) is 7.31. The lowest BCUT2D eigenvalue weighted by molar-refractivity contribution is 0.317. The molecule has 0 spiro atoms. The van der Waals surface area contributed by atoms with E-state index in [2.05, 4.69) is 32.9 Å². The van der Waals surface area contributed by atoms with Gasteiger partial charge in [-0.25, -0.2) is 0 Å². The maximum atomic E-state index is 6.12. The summed E-state index contributed by atoms with van der Waals surface area (Å²) in [6, 6.07) is 8.53. The van der Waals surface area contributed by atoms with Crippen LogP contribution in [0.2, 0.25) is 0 Å². The normalized spacial score (nSPS) is 12.8. The molecular weight excluding hydrogens is 210 g/mol. The molecule has 0 saturated carbocycles. The fraction of sp³-hybridized carbons (Fsp3) is 0.600. The Morgan fingerprint density at radius 2 is 2.06 bits per heavy atom. The maximum Gasteiger partial charge on any atom is 0.119 e.